The number of carbonyl (C=O) groups excluding carboxylic acids is 1. The van der Waals surface area contributed by atoms with E-state index in [1.807, 2.05) is 39.2 Å². The topological polar surface area (TPSA) is 53.7 Å². The lowest BCUT2D eigenvalue weighted by molar-refractivity contribution is 0.0741. The van der Waals surface area contributed by atoms with Crippen molar-refractivity contribution in [1.29, 1.82) is 0 Å². The van der Waals surface area contributed by atoms with Crippen LogP contribution in [0.3, 0.4) is 0 Å². The molecule has 0 aliphatic carbocycles. The number of thiazole rings is 1. The van der Waals surface area contributed by atoms with Crippen LogP contribution < -0.4 is 4.90 Å². The van der Waals surface area contributed by atoms with Crippen molar-refractivity contribution in [2.24, 2.45) is 0 Å². The number of piperazine rings is 1. The summed E-state index contributed by atoms with van der Waals surface area (Å²) in [6.45, 7) is 2.97. The van der Waals surface area contributed by atoms with E-state index in [0.717, 1.165) is 23.9 Å². The number of rotatable bonds is 2. The standard InChI is InChI=1S/C17H15N5OS2/c23-16(13-11-22-9-10-24-17(22)18-13)21-7-5-20(6-8-21)15-12-3-1-2-4-14(12)25-19-15/h1-4,9-11H,5-8H2. The van der Waals surface area contributed by atoms with Crippen molar-refractivity contribution in [3.63, 3.8) is 0 Å². The molecule has 4 heterocycles. The van der Waals surface area contributed by atoms with Crippen molar-refractivity contribution in [2.45, 2.75) is 0 Å². The van der Waals surface area contributed by atoms with Crippen LogP contribution >= 0.6 is 22.9 Å². The summed E-state index contributed by atoms with van der Waals surface area (Å²) >= 11 is 3.07. The van der Waals surface area contributed by atoms with E-state index in [1.165, 1.54) is 33.0 Å². The number of hydrogen-bond acceptors (Lipinski definition) is 6. The van der Waals surface area contributed by atoms with Crippen LogP contribution in [-0.2, 0) is 0 Å². The average Bonchev–Trinajstić information content (AvgIpc) is 3.35. The third-order valence-corrected chi connectivity index (χ3v) is 6.12. The molecule has 5 rings (SSSR count). The summed E-state index contributed by atoms with van der Waals surface area (Å²) in [7, 11) is 0. The minimum Gasteiger partial charge on any atom is -0.352 e. The maximum Gasteiger partial charge on any atom is 0.274 e. The highest BCUT2D eigenvalue weighted by atomic mass is 32.1. The van der Waals surface area contributed by atoms with Crippen LogP contribution in [0.25, 0.3) is 15.0 Å². The van der Waals surface area contributed by atoms with Crippen LogP contribution in [0.1, 0.15) is 10.5 Å². The zero-order valence-electron chi connectivity index (χ0n) is 13.3. The van der Waals surface area contributed by atoms with Gasteiger partial charge in [-0.05, 0) is 23.7 Å². The molecule has 1 aliphatic heterocycles. The monoisotopic (exact) mass is 369 g/mol. The second kappa shape index (κ2) is 5.82. The number of hydrogen-bond donors (Lipinski definition) is 0. The lowest BCUT2D eigenvalue weighted by Crippen LogP contribution is -2.49. The van der Waals surface area contributed by atoms with Crippen LogP contribution in [-0.4, -0.2) is 50.7 Å². The molecule has 0 atom stereocenters. The molecular formula is C17H15N5OS2. The highest BCUT2D eigenvalue weighted by Gasteiger charge is 2.25. The highest BCUT2D eigenvalue weighted by molar-refractivity contribution is 7.15. The predicted octanol–water partition coefficient (Wildman–Crippen LogP) is 2.97. The Morgan fingerprint density at radius 3 is 2.80 bits per heavy atom. The van der Waals surface area contributed by atoms with Crippen molar-refractivity contribution >= 4 is 49.6 Å². The highest BCUT2D eigenvalue weighted by Crippen LogP contribution is 2.30. The average molecular weight is 369 g/mol. The number of nitrogens with zero attached hydrogens (tertiary/aromatic N) is 5. The van der Waals surface area contributed by atoms with Gasteiger partial charge < -0.3 is 9.80 Å². The van der Waals surface area contributed by atoms with Gasteiger partial charge in [0, 0.05) is 49.3 Å². The predicted molar refractivity (Wildman–Crippen MR) is 101 cm³/mol. The van der Waals surface area contributed by atoms with E-state index >= 15 is 0 Å². The number of benzene rings is 1. The summed E-state index contributed by atoms with van der Waals surface area (Å²) in [4.78, 5) is 22.1. The van der Waals surface area contributed by atoms with Crippen LogP contribution in [0.5, 0.6) is 0 Å². The Balaban J connectivity index is 1.32. The number of anilines is 1. The second-order valence-electron chi connectivity index (χ2n) is 6.00. The van der Waals surface area contributed by atoms with Gasteiger partial charge in [0.15, 0.2) is 4.96 Å². The Morgan fingerprint density at radius 1 is 1.12 bits per heavy atom. The van der Waals surface area contributed by atoms with E-state index in [0.29, 0.717) is 18.8 Å². The van der Waals surface area contributed by atoms with Gasteiger partial charge in [-0.3, -0.25) is 9.20 Å². The van der Waals surface area contributed by atoms with Crippen LogP contribution in [0, 0.1) is 0 Å². The zero-order valence-corrected chi connectivity index (χ0v) is 15.0. The SMILES string of the molecule is O=C(c1cn2ccsc2n1)N1CCN(c2nsc3ccccc23)CC1. The van der Waals surface area contributed by atoms with E-state index in [4.69, 9.17) is 0 Å². The molecule has 0 bridgehead atoms. The van der Waals surface area contributed by atoms with Gasteiger partial charge in [0.1, 0.15) is 11.5 Å². The van der Waals surface area contributed by atoms with Crippen LogP contribution in [0.4, 0.5) is 5.82 Å². The molecule has 1 amide bonds. The lowest BCUT2D eigenvalue weighted by Gasteiger charge is -2.34. The van der Waals surface area contributed by atoms with Gasteiger partial charge in [-0.1, -0.05) is 12.1 Å². The summed E-state index contributed by atoms with van der Waals surface area (Å²) < 4.78 is 7.72. The third-order valence-electron chi connectivity index (χ3n) is 4.54. The van der Waals surface area contributed by atoms with E-state index in [1.54, 1.807) is 0 Å². The number of fused-ring (bicyclic) bond motifs is 2. The summed E-state index contributed by atoms with van der Waals surface area (Å²) in [6, 6.07) is 8.30. The minimum absolute atomic E-state index is 0.0127. The first-order valence-electron chi connectivity index (χ1n) is 8.10. The maximum absolute atomic E-state index is 12.7. The van der Waals surface area contributed by atoms with Crippen molar-refractivity contribution in [2.75, 3.05) is 31.1 Å². The van der Waals surface area contributed by atoms with Crippen molar-refractivity contribution in [3.8, 4) is 0 Å². The third kappa shape index (κ3) is 2.49. The molecule has 0 spiro atoms. The van der Waals surface area contributed by atoms with Gasteiger partial charge in [0.25, 0.3) is 5.91 Å². The van der Waals surface area contributed by atoms with Crippen LogP contribution in [0.2, 0.25) is 0 Å². The fourth-order valence-electron chi connectivity index (χ4n) is 3.21. The number of amides is 1. The smallest absolute Gasteiger partial charge is 0.274 e. The van der Waals surface area contributed by atoms with E-state index < -0.39 is 0 Å². The fourth-order valence-corrected chi connectivity index (χ4v) is 4.71. The van der Waals surface area contributed by atoms with Crippen molar-refractivity contribution < 1.29 is 4.79 Å². The van der Waals surface area contributed by atoms with E-state index in [2.05, 4.69) is 26.4 Å². The largest absolute Gasteiger partial charge is 0.352 e. The van der Waals surface area contributed by atoms with Crippen molar-refractivity contribution in [3.05, 3.63) is 47.7 Å². The Kier molecular flexibility index (Phi) is 3.46. The van der Waals surface area contributed by atoms with E-state index in [9.17, 15) is 4.79 Å². The molecule has 8 heteroatoms. The first-order valence-corrected chi connectivity index (χ1v) is 9.76. The number of carbonyl (C=O) groups is 1. The molecule has 126 valence electrons. The van der Waals surface area contributed by atoms with Gasteiger partial charge in [0.05, 0.1) is 4.70 Å². The Bertz CT molecular complexity index is 1030. The quantitative estimate of drug-likeness (QED) is 0.545. The molecule has 0 unspecified atom stereocenters. The Labute approximate surface area is 152 Å². The van der Waals surface area contributed by atoms with Crippen LogP contribution in [0.15, 0.2) is 42.0 Å². The number of imidazole rings is 1. The summed E-state index contributed by atoms with van der Waals surface area (Å²) in [5, 5.41) is 3.16. The molecule has 0 N–H and O–H groups in total. The molecule has 0 radical (unpaired) electrons. The second-order valence-corrected chi connectivity index (χ2v) is 7.68. The normalized spacial score (nSPS) is 15.4. The molecule has 6 nitrogen and oxygen atoms in total. The summed E-state index contributed by atoms with van der Waals surface area (Å²) in [6.07, 6.45) is 3.74. The molecule has 1 fully saturated rings. The molecule has 0 saturated carbocycles. The van der Waals surface area contributed by atoms with Gasteiger partial charge in [0.2, 0.25) is 0 Å². The molecule has 25 heavy (non-hydrogen) atoms. The van der Waals surface area contributed by atoms with Gasteiger partial charge in [-0.15, -0.1) is 11.3 Å². The number of aromatic nitrogens is 3. The molecule has 4 aromatic rings. The molecule has 3 aromatic heterocycles. The molecule has 1 aliphatic rings. The maximum atomic E-state index is 12.7. The Hall–Kier alpha value is -2.45. The molecular weight excluding hydrogens is 354 g/mol. The van der Waals surface area contributed by atoms with E-state index in [-0.39, 0.29) is 5.91 Å². The van der Waals surface area contributed by atoms with Crippen molar-refractivity contribution in [1.82, 2.24) is 18.7 Å². The first-order chi connectivity index (χ1) is 12.3. The summed E-state index contributed by atoms with van der Waals surface area (Å²) in [5.41, 5.74) is 0.527. The zero-order chi connectivity index (χ0) is 16.8. The first kappa shape index (κ1) is 14.9. The molecule has 1 saturated heterocycles. The lowest BCUT2D eigenvalue weighted by atomic mass is 10.2. The van der Waals surface area contributed by atoms with Gasteiger partial charge in [-0.25, -0.2) is 4.98 Å². The molecule has 1 aromatic carbocycles. The van der Waals surface area contributed by atoms with Gasteiger partial charge in [-0.2, -0.15) is 4.37 Å². The van der Waals surface area contributed by atoms with Gasteiger partial charge >= 0.3 is 0 Å². The summed E-state index contributed by atoms with van der Waals surface area (Å²) in [5.74, 6) is 1.05. The minimum atomic E-state index is 0.0127. The Morgan fingerprint density at radius 2 is 1.96 bits per heavy atom. The fraction of sp³-hybridized carbons (Fsp3) is 0.235.